The lowest BCUT2D eigenvalue weighted by Crippen LogP contribution is -2.35. The summed E-state index contributed by atoms with van der Waals surface area (Å²) in [5, 5.41) is 11.2. The molecule has 0 aliphatic carbocycles. The lowest BCUT2D eigenvalue weighted by molar-refractivity contribution is 0.189. The van der Waals surface area contributed by atoms with Gasteiger partial charge >= 0.3 is 6.09 Å². The first kappa shape index (κ1) is 15.6. The number of sulfonamides is 1. The fourth-order valence-corrected chi connectivity index (χ4v) is 3.03. The van der Waals surface area contributed by atoms with Gasteiger partial charge in [-0.2, -0.15) is 0 Å². The zero-order valence-electron chi connectivity index (χ0n) is 11.7. The molecule has 1 aromatic carbocycles. The van der Waals surface area contributed by atoms with Gasteiger partial charge < -0.3 is 10.4 Å². The van der Waals surface area contributed by atoms with Gasteiger partial charge in [-0.05, 0) is 24.1 Å². The molecule has 8 heteroatoms. The predicted molar refractivity (Wildman–Crippen MR) is 79.8 cm³/mol. The van der Waals surface area contributed by atoms with Crippen LogP contribution in [0.1, 0.15) is 12.0 Å². The van der Waals surface area contributed by atoms with E-state index in [2.05, 4.69) is 14.9 Å². The zero-order chi connectivity index (χ0) is 15.5. The number of hydrogen-bond donors (Lipinski definition) is 3. The van der Waals surface area contributed by atoms with Crippen molar-refractivity contribution in [3.63, 3.8) is 0 Å². The largest absolute Gasteiger partial charge is 0.465 e. The van der Waals surface area contributed by atoms with Crippen molar-refractivity contribution in [2.75, 3.05) is 24.1 Å². The molecule has 1 atom stereocenters. The van der Waals surface area contributed by atoms with Gasteiger partial charge in [0.15, 0.2) is 0 Å². The van der Waals surface area contributed by atoms with E-state index in [1.807, 2.05) is 6.07 Å². The topological polar surface area (TPSA) is 98.7 Å². The van der Waals surface area contributed by atoms with Gasteiger partial charge in [-0.1, -0.05) is 12.1 Å². The summed E-state index contributed by atoms with van der Waals surface area (Å²) in [6.45, 7) is 2.14. The third-order valence-electron chi connectivity index (χ3n) is 3.24. The SMILES string of the molecule is CS(=O)(=O)Nc1cccc(CN2CC[C@@H](NC(=O)O)C2)c1. The summed E-state index contributed by atoms with van der Waals surface area (Å²) in [5.74, 6) is 0. The maximum Gasteiger partial charge on any atom is 0.404 e. The second kappa shape index (κ2) is 6.31. The van der Waals surface area contributed by atoms with Crippen LogP contribution in [-0.2, 0) is 16.6 Å². The standard InChI is InChI=1S/C13H19N3O4S/c1-21(19,20)15-11-4-2-3-10(7-11)8-16-6-5-12(9-16)14-13(17)18/h2-4,7,12,14-15H,5-6,8-9H2,1H3,(H,17,18)/t12-/m1/s1. The highest BCUT2D eigenvalue weighted by atomic mass is 32.2. The quantitative estimate of drug-likeness (QED) is 0.750. The normalized spacial score (nSPS) is 19.4. The van der Waals surface area contributed by atoms with Crippen LogP contribution in [0.25, 0.3) is 0 Å². The molecule has 2 rings (SSSR count). The van der Waals surface area contributed by atoms with E-state index in [0.29, 0.717) is 18.8 Å². The van der Waals surface area contributed by atoms with Crippen LogP contribution in [0.3, 0.4) is 0 Å². The first-order chi connectivity index (χ1) is 9.82. The molecular weight excluding hydrogens is 294 g/mol. The van der Waals surface area contributed by atoms with Crippen LogP contribution in [-0.4, -0.2) is 49.9 Å². The minimum Gasteiger partial charge on any atom is -0.465 e. The van der Waals surface area contributed by atoms with E-state index < -0.39 is 16.1 Å². The molecule has 21 heavy (non-hydrogen) atoms. The number of anilines is 1. The Labute approximate surface area is 124 Å². The predicted octanol–water partition coefficient (Wildman–Crippen LogP) is 0.900. The van der Waals surface area contributed by atoms with Crippen molar-refractivity contribution in [2.24, 2.45) is 0 Å². The van der Waals surface area contributed by atoms with E-state index in [1.165, 1.54) is 0 Å². The molecule has 0 bridgehead atoms. The number of carboxylic acid groups (broad SMARTS) is 1. The monoisotopic (exact) mass is 313 g/mol. The van der Waals surface area contributed by atoms with Gasteiger partial charge in [0, 0.05) is 31.4 Å². The summed E-state index contributed by atoms with van der Waals surface area (Å²) in [5.41, 5.74) is 1.52. The van der Waals surface area contributed by atoms with Crippen LogP contribution >= 0.6 is 0 Å². The van der Waals surface area contributed by atoms with Gasteiger partial charge in [-0.15, -0.1) is 0 Å². The minimum absolute atomic E-state index is 0.0418. The average Bonchev–Trinajstić information content (AvgIpc) is 2.73. The number of rotatable bonds is 5. The molecule has 1 heterocycles. The number of amides is 1. The molecule has 116 valence electrons. The second-order valence-electron chi connectivity index (χ2n) is 5.24. The Balaban J connectivity index is 1.95. The van der Waals surface area contributed by atoms with Gasteiger partial charge in [0.2, 0.25) is 10.0 Å². The van der Waals surface area contributed by atoms with Crippen molar-refractivity contribution >= 4 is 21.8 Å². The van der Waals surface area contributed by atoms with Gasteiger partial charge in [0.25, 0.3) is 0 Å². The Morgan fingerprint density at radius 1 is 1.48 bits per heavy atom. The number of benzene rings is 1. The van der Waals surface area contributed by atoms with E-state index in [0.717, 1.165) is 24.8 Å². The molecule has 1 amide bonds. The Morgan fingerprint density at radius 2 is 2.24 bits per heavy atom. The number of hydrogen-bond acceptors (Lipinski definition) is 4. The van der Waals surface area contributed by atoms with Crippen molar-refractivity contribution < 1.29 is 18.3 Å². The van der Waals surface area contributed by atoms with Gasteiger partial charge in [0.1, 0.15) is 0 Å². The maximum atomic E-state index is 11.2. The third-order valence-corrected chi connectivity index (χ3v) is 3.84. The number of carbonyl (C=O) groups is 1. The first-order valence-corrected chi connectivity index (χ1v) is 8.49. The Kier molecular flexibility index (Phi) is 4.69. The zero-order valence-corrected chi connectivity index (χ0v) is 12.6. The summed E-state index contributed by atoms with van der Waals surface area (Å²) < 4.78 is 24.9. The van der Waals surface area contributed by atoms with Crippen LogP contribution in [0, 0.1) is 0 Å². The Bertz CT molecular complexity index is 618. The lowest BCUT2D eigenvalue weighted by Gasteiger charge is -2.16. The second-order valence-corrected chi connectivity index (χ2v) is 6.99. The van der Waals surface area contributed by atoms with Crippen LogP contribution in [0.5, 0.6) is 0 Å². The van der Waals surface area contributed by atoms with Crippen LogP contribution in [0.2, 0.25) is 0 Å². The molecule has 0 saturated carbocycles. The molecule has 1 aliphatic heterocycles. The third kappa shape index (κ3) is 5.24. The van der Waals surface area contributed by atoms with Crippen LogP contribution in [0.4, 0.5) is 10.5 Å². The van der Waals surface area contributed by atoms with E-state index in [4.69, 9.17) is 5.11 Å². The highest BCUT2D eigenvalue weighted by Gasteiger charge is 2.23. The van der Waals surface area contributed by atoms with E-state index in [9.17, 15) is 13.2 Å². The molecule has 1 aliphatic rings. The minimum atomic E-state index is -3.28. The summed E-state index contributed by atoms with van der Waals surface area (Å²) in [4.78, 5) is 12.7. The number of likely N-dealkylation sites (tertiary alicyclic amines) is 1. The molecular formula is C13H19N3O4S. The molecule has 7 nitrogen and oxygen atoms in total. The Morgan fingerprint density at radius 3 is 2.90 bits per heavy atom. The smallest absolute Gasteiger partial charge is 0.404 e. The van der Waals surface area contributed by atoms with Crippen molar-refractivity contribution in [1.29, 1.82) is 0 Å². The van der Waals surface area contributed by atoms with E-state index >= 15 is 0 Å². The molecule has 0 aromatic heterocycles. The molecule has 0 spiro atoms. The maximum absolute atomic E-state index is 11.2. The van der Waals surface area contributed by atoms with Gasteiger partial charge in [-0.25, -0.2) is 13.2 Å². The van der Waals surface area contributed by atoms with Gasteiger partial charge in [-0.3, -0.25) is 9.62 Å². The van der Waals surface area contributed by atoms with E-state index in [1.54, 1.807) is 18.2 Å². The number of nitrogens with one attached hydrogen (secondary N) is 2. The van der Waals surface area contributed by atoms with Gasteiger partial charge in [0.05, 0.1) is 6.26 Å². The molecule has 1 saturated heterocycles. The fraction of sp³-hybridized carbons (Fsp3) is 0.462. The van der Waals surface area contributed by atoms with Crippen molar-refractivity contribution in [3.05, 3.63) is 29.8 Å². The summed E-state index contributed by atoms with van der Waals surface area (Å²) in [7, 11) is -3.28. The van der Waals surface area contributed by atoms with Crippen molar-refractivity contribution in [1.82, 2.24) is 10.2 Å². The van der Waals surface area contributed by atoms with Crippen LogP contribution < -0.4 is 10.0 Å². The summed E-state index contributed by atoms with van der Waals surface area (Å²) >= 11 is 0. The lowest BCUT2D eigenvalue weighted by atomic mass is 10.2. The highest BCUT2D eigenvalue weighted by Crippen LogP contribution is 2.17. The van der Waals surface area contributed by atoms with Crippen LogP contribution in [0.15, 0.2) is 24.3 Å². The molecule has 0 radical (unpaired) electrons. The van der Waals surface area contributed by atoms with Crippen molar-refractivity contribution in [3.8, 4) is 0 Å². The summed E-state index contributed by atoms with van der Waals surface area (Å²) in [6.07, 6.45) is 0.900. The molecule has 1 aromatic rings. The Hall–Kier alpha value is -1.80. The fourth-order valence-electron chi connectivity index (χ4n) is 2.47. The average molecular weight is 313 g/mol. The molecule has 3 N–H and O–H groups in total. The molecule has 1 fully saturated rings. The highest BCUT2D eigenvalue weighted by molar-refractivity contribution is 7.92. The van der Waals surface area contributed by atoms with Crippen molar-refractivity contribution in [2.45, 2.75) is 19.0 Å². The first-order valence-electron chi connectivity index (χ1n) is 6.60. The number of nitrogens with zero attached hydrogens (tertiary/aromatic N) is 1. The summed E-state index contributed by atoms with van der Waals surface area (Å²) in [6, 6.07) is 7.17. The molecule has 0 unspecified atom stereocenters. The van der Waals surface area contributed by atoms with E-state index in [-0.39, 0.29) is 6.04 Å².